The van der Waals surface area contributed by atoms with Gasteiger partial charge in [-0.15, -0.1) is 13.2 Å². The zero-order valence-corrected chi connectivity index (χ0v) is 23.6. The summed E-state index contributed by atoms with van der Waals surface area (Å²) in [6, 6.07) is 18.5. The van der Waals surface area contributed by atoms with E-state index >= 15 is 0 Å². The Kier molecular flexibility index (Phi) is 15.1. The molecule has 2 aromatic carbocycles. The molecule has 4 atom stereocenters. The fourth-order valence-electron chi connectivity index (χ4n) is 4.49. The average molecular weight is 549 g/mol. The zero-order chi connectivity index (χ0) is 29.2. The van der Waals surface area contributed by atoms with Crippen molar-refractivity contribution in [1.29, 1.82) is 0 Å². The van der Waals surface area contributed by atoms with Crippen molar-refractivity contribution >= 4 is 17.8 Å². The first kappa shape index (κ1) is 32.5. The van der Waals surface area contributed by atoms with Gasteiger partial charge in [0.15, 0.2) is 0 Å². The molecule has 7 nitrogen and oxygen atoms in total. The van der Waals surface area contributed by atoms with E-state index in [1.54, 1.807) is 13.0 Å². The lowest BCUT2D eigenvalue weighted by Gasteiger charge is -2.22. The number of nitrogens with one attached hydrogen (secondary N) is 2. The maximum atomic E-state index is 13.0. The van der Waals surface area contributed by atoms with E-state index in [1.807, 2.05) is 66.7 Å². The topological polar surface area (TPSA) is 105 Å². The first-order valence-electron chi connectivity index (χ1n) is 14.0. The molecule has 0 aliphatic carbocycles. The van der Waals surface area contributed by atoms with E-state index in [0.717, 1.165) is 24.0 Å². The number of allylic oxidation sites excluding steroid dienone is 2. The van der Waals surface area contributed by atoms with Crippen molar-refractivity contribution < 1.29 is 24.2 Å². The molecule has 0 unspecified atom stereocenters. The number of amides is 2. The van der Waals surface area contributed by atoms with Crippen molar-refractivity contribution in [3.05, 3.63) is 97.1 Å². The maximum absolute atomic E-state index is 13.0. The molecule has 2 rings (SSSR count). The highest BCUT2D eigenvalue weighted by Gasteiger charge is 2.25. The third kappa shape index (κ3) is 12.4. The molecule has 7 heteroatoms. The Morgan fingerprint density at radius 3 is 2.10 bits per heavy atom. The van der Waals surface area contributed by atoms with E-state index in [2.05, 4.69) is 23.8 Å². The monoisotopic (exact) mass is 548 g/mol. The molecule has 3 N–H and O–H groups in total. The minimum absolute atomic E-state index is 0.0357. The molecule has 0 spiro atoms. The number of aliphatic hydroxyl groups excluding tert-OH is 1. The number of unbranched alkanes of at least 4 members (excludes halogenated alkanes) is 1. The minimum atomic E-state index is -0.628. The zero-order valence-electron chi connectivity index (χ0n) is 23.6. The summed E-state index contributed by atoms with van der Waals surface area (Å²) in [6.45, 7) is 9.07. The minimum Gasteiger partial charge on any atom is -0.463 e. The van der Waals surface area contributed by atoms with E-state index in [4.69, 9.17) is 4.74 Å². The number of hydrogen-bond acceptors (Lipinski definition) is 5. The van der Waals surface area contributed by atoms with Crippen LogP contribution in [-0.2, 0) is 32.0 Å². The Balaban J connectivity index is 1.87. The van der Waals surface area contributed by atoms with Gasteiger partial charge in [0.2, 0.25) is 11.8 Å². The van der Waals surface area contributed by atoms with Crippen LogP contribution >= 0.6 is 0 Å². The molecule has 2 amide bonds. The highest BCUT2D eigenvalue weighted by Crippen LogP contribution is 2.18. The largest absolute Gasteiger partial charge is 0.463 e. The van der Waals surface area contributed by atoms with Crippen LogP contribution in [0, 0.1) is 11.8 Å². The Bertz CT molecular complexity index is 1060. The molecule has 0 heterocycles. The Morgan fingerprint density at radius 1 is 0.900 bits per heavy atom. The summed E-state index contributed by atoms with van der Waals surface area (Å²) in [5, 5.41) is 15.4. The average Bonchev–Trinajstić information content (AvgIpc) is 2.96. The predicted molar refractivity (Wildman–Crippen MR) is 158 cm³/mol. The SMILES string of the molecule is C=CCCC[C@H](Cc1ccccc1)C(=O)OC[C@H](C)NC(=O)[C@H](CC=C)CC(=O)N[C@H](CO)Cc1ccccc1. The summed E-state index contributed by atoms with van der Waals surface area (Å²) in [5.41, 5.74) is 2.07. The number of hydrogen-bond donors (Lipinski definition) is 3. The first-order valence-corrected chi connectivity index (χ1v) is 14.0. The molecule has 216 valence electrons. The van der Waals surface area contributed by atoms with Gasteiger partial charge in [0.05, 0.1) is 30.5 Å². The molecular formula is C33H44N2O5. The van der Waals surface area contributed by atoms with Gasteiger partial charge in [-0.05, 0) is 56.6 Å². The van der Waals surface area contributed by atoms with Gasteiger partial charge in [-0.2, -0.15) is 0 Å². The molecular weight excluding hydrogens is 504 g/mol. The quantitative estimate of drug-likeness (QED) is 0.136. The van der Waals surface area contributed by atoms with E-state index in [1.165, 1.54) is 0 Å². The molecule has 0 aliphatic heterocycles. The van der Waals surface area contributed by atoms with Crippen molar-refractivity contribution in [2.75, 3.05) is 13.2 Å². The van der Waals surface area contributed by atoms with Crippen LogP contribution in [0.3, 0.4) is 0 Å². The molecule has 0 aliphatic rings. The number of carbonyl (C=O) groups excluding carboxylic acids is 3. The molecule has 0 radical (unpaired) electrons. The summed E-state index contributed by atoms with van der Waals surface area (Å²) in [5.74, 6) is -1.83. The third-order valence-electron chi connectivity index (χ3n) is 6.65. The van der Waals surface area contributed by atoms with Crippen molar-refractivity contribution in [2.45, 2.75) is 64.0 Å². The molecule has 0 saturated carbocycles. The van der Waals surface area contributed by atoms with Gasteiger partial charge in [-0.1, -0.05) is 72.8 Å². The summed E-state index contributed by atoms with van der Waals surface area (Å²) in [4.78, 5) is 38.6. The number of rotatable bonds is 19. The fourth-order valence-corrected chi connectivity index (χ4v) is 4.49. The smallest absolute Gasteiger partial charge is 0.309 e. The highest BCUT2D eigenvalue weighted by atomic mass is 16.5. The summed E-state index contributed by atoms with van der Waals surface area (Å²) in [7, 11) is 0. The summed E-state index contributed by atoms with van der Waals surface area (Å²) < 4.78 is 5.61. The van der Waals surface area contributed by atoms with E-state index < -0.39 is 18.0 Å². The third-order valence-corrected chi connectivity index (χ3v) is 6.65. The summed E-state index contributed by atoms with van der Waals surface area (Å²) >= 11 is 0. The second-order valence-corrected chi connectivity index (χ2v) is 10.2. The predicted octanol–water partition coefficient (Wildman–Crippen LogP) is 4.55. The number of benzene rings is 2. The van der Waals surface area contributed by atoms with Gasteiger partial charge >= 0.3 is 5.97 Å². The second-order valence-electron chi connectivity index (χ2n) is 10.2. The standard InChI is InChI=1S/C33H44N2O5/c1-4-6-9-19-29(20-26-15-10-7-11-16-26)33(39)40-24-25(3)34-32(38)28(14-5-2)22-31(37)35-30(23-36)21-27-17-12-8-13-18-27/h4-5,7-8,10-13,15-18,25,28-30,36H,1-2,6,9,14,19-24H2,3H3,(H,34,38)(H,35,37)/t25-,28+,29+,30-/m0/s1. The number of aliphatic hydroxyl groups is 1. The Morgan fingerprint density at radius 2 is 1.52 bits per heavy atom. The Hall–Kier alpha value is -3.71. The fraction of sp³-hybridized carbons (Fsp3) is 0.424. The van der Waals surface area contributed by atoms with Crippen LogP contribution in [0.2, 0.25) is 0 Å². The molecule has 0 fully saturated rings. The molecule has 2 aromatic rings. The van der Waals surface area contributed by atoms with Gasteiger partial charge in [0, 0.05) is 6.42 Å². The van der Waals surface area contributed by atoms with Crippen LogP contribution in [0.15, 0.2) is 86.0 Å². The van der Waals surface area contributed by atoms with Gasteiger partial charge in [-0.25, -0.2) is 0 Å². The van der Waals surface area contributed by atoms with Crippen LogP contribution in [0.4, 0.5) is 0 Å². The van der Waals surface area contributed by atoms with E-state index in [0.29, 0.717) is 25.7 Å². The van der Waals surface area contributed by atoms with Crippen molar-refractivity contribution in [1.82, 2.24) is 10.6 Å². The molecule has 0 aromatic heterocycles. The van der Waals surface area contributed by atoms with Crippen molar-refractivity contribution in [3.8, 4) is 0 Å². The lowest BCUT2D eigenvalue weighted by Crippen LogP contribution is -2.44. The highest BCUT2D eigenvalue weighted by molar-refractivity contribution is 5.86. The van der Waals surface area contributed by atoms with Crippen LogP contribution in [0.25, 0.3) is 0 Å². The first-order chi connectivity index (χ1) is 19.4. The lowest BCUT2D eigenvalue weighted by molar-refractivity contribution is -0.150. The van der Waals surface area contributed by atoms with Crippen LogP contribution in [0.5, 0.6) is 0 Å². The second kappa shape index (κ2) is 18.6. The molecule has 40 heavy (non-hydrogen) atoms. The van der Waals surface area contributed by atoms with Crippen molar-refractivity contribution in [3.63, 3.8) is 0 Å². The summed E-state index contributed by atoms with van der Waals surface area (Å²) in [6.07, 6.45) is 7.16. The van der Waals surface area contributed by atoms with Gasteiger partial charge in [0.1, 0.15) is 6.61 Å². The van der Waals surface area contributed by atoms with E-state index in [9.17, 15) is 19.5 Å². The molecule has 0 bridgehead atoms. The van der Waals surface area contributed by atoms with Crippen LogP contribution in [-0.4, -0.2) is 48.2 Å². The number of ether oxygens (including phenoxy) is 1. The Labute approximate surface area is 238 Å². The van der Waals surface area contributed by atoms with E-state index in [-0.39, 0.29) is 43.3 Å². The number of carbonyl (C=O) groups is 3. The van der Waals surface area contributed by atoms with Crippen LogP contribution in [0.1, 0.15) is 50.2 Å². The lowest BCUT2D eigenvalue weighted by atomic mass is 9.94. The number of esters is 1. The van der Waals surface area contributed by atoms with Gasteiger partial charge in [0.25, 0.3) is 0 Å². The molecule has 0 saturated heterocycles. The normalized spacial score (nSPS) is 13.8. The maximum Gasteiger partial charge on any atom is 0.309 e. The van der Waals surface area contributed by atoms with Crippen molar-refractivity contribution in [2.24, 2.45) is 11.8 Å². The van der Waals surface area contributed by atoms with Gasteiger partial charge in [-0.3, -0.25) is 14.4 Å². The van der Waals surface area contributed by atoms with Crippen LogP contribution < -0.4 is 10.6 Å². The van der Waals surface area contributed by atoms with Gasteiger partial charge < -0.3 is 20.5 Å².